The molecule has 2 fully saturated rings. The zero-order valence-corrected chi connectivity index (χ0v) is 18.1. The first-order chi connectivity index (χ1) is 14.5. The number of carbonyl (C=O) groups is 3. The molecule has 2 aliphatic heterocycles. The fraction of sp³-hybridized carbons (Fsp3) is 0.591. The average Bonchev–Trinajstić information content (AvgIpc) is 2.73. The van der Waals surface area contributed by atoms with Crippen molar-refractivity contribution in [3.63, 3.8) is 0 Å². The predicted octanol–water partition coefficient (Wildman–Crippen LogP) is 3.37. The summed E-state index contributed by atoms with van der Waals surface area (Å²) in [5.74, 6) is -0.546. The lowest BCUT2D eigenvalue weighted by molar-refractivity contribution is -0.172. The Kier molecular flexibility index (Phi) is 6.34. The van der Waals surface area contributed by atoms with E-state index in [1.807, 2.05) is 20.8 Å². The molecule has 4 unspecified atom stereocenters. The number of fused-ring (bicyclic) bond motifs is 1. The molecule has 9 heteroatoms. The van der Waals surface area contributed by atoms with Gasteiger partial charge in [-0.25, -0.2) is 0 Å². The number of nitrogens with zero attached hydrogens (tertiary/aromatic N) is 3. The second-order valence-electron chi connectivity index (χ2n) is 8.46. The van der Waals surface area contributed by atoms with Crippen molar-refractivity contribution in [2.24, 2.45) is 5.92 Å². The van der Waals surface area contributed by atoms with E-state index in [0.717, 1.165) is 30.7 Å². The summed E-state index contributed by atoms with van der Waals surface area (Å²) >= 11 is 0. The number of hydrogen-bond acceptors (Lipinski definition) is 3. The lowest BCUT2D eigenvalue weighted by Crippen LogP contribution is -2.74. The van der Waals surface area contributed by atoms with E-state index in [0.29, 0.717) is 6.54 Å². The van der Waals surface area contributed by atoms with Gasteiger partial charge in [0.2, 0.25) is 11.8 Å². The van der Waals surface area contributed by atoms with Gasteiger partial charge >= 0.3 is 6.18 Å². The van der Waals surface area contributed by atoms with E-state index in [1.54, 1.807) is 11.8 Å². The Morgan fingerprint density at radius 1 is 1.16 bits per heavy atom. The van der Waals surface area contributed by atoms with Gasteiger partial charge in [0.15, 0.2) is 0 Å². The topological polar surface area (TPSA) is 60.9 Å². The highest BCUT2D eigenvalue weighted by atomic mass is 19.4. The third kappa shape index (κ3) is 4.27. The van der Waals surface area contributed by atoms with Crippen LogP contribution in [0.15, 0.2) is 24.3 Å². The third-order valence-electron chi connectivity index (χ3n) is 6.37. The molecule has 2 aliphatic rings. The van der Waals surface area contributed by atoms with E-state index in [-0.39, 0.29) is 36.3 Å². The molecule has 3 amide bonds. The summed E-state index contributed by atoms with van der Waals surface area (Å²) in [5, 5.41) is 0. The highest BCUT2D eigenvalue weighted by molar-refractivity contribution is 5.97. The Labute approximate surface area is 180 Å². The molecule has 0 aliphatic carbocycles. The van der Waals surface area contributed by atoms with Crippen molar-refractivity contribution < 1.29 is 27.6 Å². The molecule has 0 radical (unpaired) electrons. The highest BCUT2D eigenvalue weighted by Crippen LogP contribution is 2.33. The normalized spacial score (nSPS) is 25.5. The summed E-state index contributed by atoms with van der Waals surface area (Å²) in [6, 6.07) is 2.94. The van der Waals surface area contributed by atoms with Gasteiger partial charge in [0.25, 0.3) is 5.91 Å². The highest BCUT2D eigenvalue weighted by Gasteiger charge is 2.51. The van der Waals surface area contributed by atoms with Crippen molar-refractivity contribution in [3.05, 3.63) is 35.4 Å². The smallest absolute Gasteiger partial charge is 0.334 e. The Hall–Kier alpha value is -2.58. The molecule has 31 heavy (non-hydrogen) atoms. The minimum atomic E-state index is -4.49. The van der Waals surface area contributed by atoms with Crippen LogP contribution in [0.5, 0.6) is 0 Å². The summed E-state index contributed by atoms with van der Waals surface area (Å²) in [6.07, 6.45) is -4.20. The first-order valence-corrected chi connectivity index (χ1v) is 10.6. The number of alkyl halides is 3. The molecule has 6 nitrogen and oxygen atoms in total. The number of benzene rings is 1. The first kappa shape index (κ1) is 23.1. The lowest BCUT2D eigenvalue weighted by Gasteiger charge is -2.55. The van der Waals surface area contributed by atoms with Crippen molar-refractivity contribution in [3.8, 4) is 0 Å². The number of amides is 3. The van der Waals surface area contributed by atoms with E-state index in [2.05, 4.69) is 0 Å². The van der Waals surface area contributed by atoms with Crippen molar-refractivity contribution in [2.45, 2.75) is 65.0 Å². The molecule has 0 bridgehead atoms. The maximum atomic E-state index is 13.2. The number of piperazine rings is 1. The van der Waals surface area contributed by atoms with Crippen LogP contribution < -0.4 is 0 Å². The van der Waals surface area contributed by atoms with Gasteiger partial charge in [-0.1, -0.05) is 20.3 Å². The molecule has 4 atom stereocenters. The minimum Gasteiger partial charge on any atom is -0.334 e. The molecule has 0 N–H and O–H groups in total. The Bertz CT molecular complexity index is 856. The molecule has 0 saturated carbocycles. The van der Waals surface area contributed by atoms with Gasteiger partial charge in [0, 0.05) is 25.1 Å². The summed E-state index contributed by atoms with van der Waals surface area (Å²) in [5.41, 5.74) is -0.711. The molecule has 2 heterocycles. The molecule has 2 saturated heterocycles. The van der Waals surface area contributed by atoms with Crippen LogP contribution in [0.3, 0.4) is 0 Å². The molecular weight excluding hydrogens is 411 g/mol. The Morgan fingerprint density at radius 2 is 1.77 bits per heavy atom. The lowest BCUT2D eigenvalue weighted by atomic mass is 9.96. The largest absolute Gasteiger partial charge is 0.416 e. The predicted molar refractivity (Wildman–Crippen MR) is 108 cm³/mol. The second-order valence-corrected chi connectivity index (χ2v) is 8.46. The van der Waals surface area contributed by atoms with Crippen LogP contribution in [0, 0.1) is 5.92 Å². The Morgan fingerprint density at radius 3 is 2.32 bits per heavy atom. The van der Waals surface area contributed by atoms with E-state index in [1.165, 1.54) is 9.80 Å². The van der Waals surface area contributed by atoms with Crippen LogP contribution in [0.25, 0.3) is 0 Å². The van der Waals surface area contributed by atoms with Gasteiger partial charge < -0.3 is 14.7 Å². The minimum absolute atomic E-state index is 0.0680. The number of carbonyl (C=O) groups excluding carboxylic acids is 3. The quantitative estimate of drug-likeness (QED) is 0.723. The maximum Gasteiger partial charge on any atom is 0.416 e. The third-order valence-corrected chi connectivity index (χ3v) is 6.37. The SMILES string of the molecule is CCC(C)CN1C(=O)C(C)N2C(=O)CCN(C(=O)c3ccc(C(F)(F)F)cc3)C2C1C. The maximum absolute atomic E-state index is 13.2. The average molecular weight is 439 g/mol. The summed E-state index contributed by atoms with van der Waals surface area (Å²) in [4.78, 5) is 43.6. The fourth-order valence-electron chi connectivity index (χ4n) is 4.34. The van der Waals surface area contributed by atoms with E-state index < -0.39 is 35.9 Å². The summed E-state index contributed by atoms with van der Waals surface area (Å²) in [6.45, 7) is 8.21. The Balaban J connectivity index is 1.93. The van der Waals surface area contributed by atoms with Gasteiger partial charge in [-0.2, -0.15) is 13.2 Å². The van der Waals surface area contributed by atoms with Crippen LogP contribution in [0.1, 0.15) is 56.5 Å². The zero-order valence-electron chi connectivity index (χ0n) is 18.1. The van der Waals surface area contributed by atoms with Gasteiger partial charge in [-0.15, -0.1) is 0 Å². The van der Waals surface area contributed by atoms with Crippen molar-refractivity contribution in [2.75, 3.05) is 13.1 Å². The number of rotatable bonds is 4. The van der Waals surface area contributed by atoms with Crippen LogP contribution >= 0.6 is 0 Å². The fourth-order valence-corrected chi connectivity index (χ4v) is 4.34. The van der Waals surface area contributed by atoms with Crippen molar-refractivity contribution in [1.82, 2.24) is 14.7 Å². The second kappa shape index (κ2) is 8.51. The van der Waals surface area contributed by atoms with E-state index in [9.17, 15) is 27.6 Å². The summed E-state index contributed by atoms with van der Waals surface area (Å²) < 4.78 is 38.6. The van der Waals surface area contributed by atoms with Crippen LogP contribution in [0.2, 0.25) is 0 Å². The van der Waals surface area contributed by atoms with Crippen LogP contribution in [-0.4, -0.2) is 63.8 Å². The molecule has 3 rings (SSSR count). The molecule has 1 aromatic rings. The number of hydrogen-bond donors (Lipinski definition) is 0. The van der Waals surface area contributed by atoms with Gasteiger partial charge in [-0.05, 0) is 44.0 Å². The zero-order chi connectivity index (χ0) is 23.1. The van der Waals surface area contributed by atoms with Gasteiger partial charge in [-0.3, -0.25) is 14.4 Å². The molecule has 1 aromatic carbocycles. The van der Waals surface area contributed by atoms with Gasteiger partial charge in [0.05, 0.1) is 11.6 Å². The van der Waals surface area contributed by atoms with Gasteiger partial charge in [0.1, 0.15) is 12.2 Å². The van der Waals surface area contributed by atoms with Crippen LogP contribution in [0.4, 0.5) is 13.2 Å². The monoisotopic (exact) mass is 439 g/mol. The number of halogens is 3. The molecule has 0 spiro atoms. The van der Waals surface area contributed by atoms with Crippen molar-refractivity contribution >= 4 is 17.7 Å². The van der Waals surface area contributed by atoms with E-state index >= 15 is 0 Å². The standard InChI is InChI=1S/C22H28F3N3O3/c1-5-13(2)12-27-14(3)19-26(11-10-18(29)28(19)15(4)20(27)30)21(31)16-6-8-17(9-7-16)22(23,24)25/h6-9,13-15,19H,5,10-12H2,1-4H3. The first-order valence-electron chi connectivity index (χ1n) is 10.6. The molecule has 170 valence electrons. The van der Waals surface area contributed by atoms with E-state index in [4.69, 9.17) is 0 Å². The summed E-state index contributed by atoms with van der Waals surface area (Å²) in [7, 11) is 0. The molecule has 0 aromatic heterocycles. The van der Waals surface area contributed by atoms with Crippen molar-refractivity contribution in [1.29, 1.82) is 0 Å². The van der Waals surface area contributed by atoms with Crippen LogP contribution in [-0.2, 0) is 15.8 Å². The molecular formula is C22H28F3N3O3.